The summed E-state index contributed by atoms with van der Waals surface area (Å²) in [6, 6.07) is 8.16. The van der Waals surface area contributed by atoms with E-state index >= 15 is 0 Å². The van der Waals surface area contributed by atoms with Gasteiger partial charge in [0.15, 0.2) is 0 Å². The lowest BCUT2D eigenvalue weighted by molar-refractivity contribution is -0.134. The maximum Gasteiger partial charge on any atom is 0.222 e. The van der Waals surface area contributed by atoms with Crippen LogP contribution >= 0.6 is 0 Å². The molecule has 1 aromatic carbocycles. The lowest BCUT2D eigenvalue weighted by Gasteiger charge is -2.30. The molecule has 23 heavy (non-hydrogen) atoms. The van der Waals surface area contributed by atoms with Gasteiger partial charge in [0.05, 0.1) is 12.7 Å². The van der Waals surface area contributed by atoms with Crippen LogP contribution in [0.25, 0.3) is 0 Å². The number of carbonyl (C=O) groups excluding carboxylic acids is 1. The van der Waals surface area contributed by atoms with Gasteiger partial charge in [0.1, 0.15) is 5.75 Å². The number of likely N-dealkylation sites (tertiary alicyclic amines) is 1. The van der Waals surface area contributed by atoms with Gasteiger partial charge >= 0.3 is 0 Å². The number of hydrogen-bond donors (Lipinski definition) is 1. The Bertz CT molecular complexity index is 504. The van der Waals surface area contributed by atoms with Crippen LogP contribution in [-0.2, 0) is 10.2 Å². The van der Waals surface area contributed by atoms with E-state index in [0.29, 0.717) is 26.0 Å². The highest BCUT2D eigenvalue weighted by Crippen LogP contribution is 2.24. The van der Waals surface area contributed by atoms with Gasteiger partial charge in [-0.15, -0.1) is 0 Å². The van der Waals surface area contributed by atoms with Gasteiger partial charge in [0.25, 0.3) is 0 Å². The summed E-state index contributed by atoms with van der Waals surface area (Å²) >= 11 is 0. The van der Waals surface area contributed by atoms with Crippen LogP contribution in [0.1, 0.15) is 52.0 Å². The van der Waals surface area contributed by atoms with Crippen molar-refractivity contribution in [3.05, 3.63) is 29.8 Å². The van der Waals surface area contributed by atoms with E-state index in [9.17, 15) is 9.90 Å². The van der Waals surface area contributed by atoms with E-state index < -0.39 is 0 Å². The monoisotopic (exact) mass is 319 g/mol. The Kier molecular flexibility index (Phi) is 6.05. The molecule has 1 fully saturated rings. The summed E-state index contributed by atoms with van der Waals surface area (Å²) in [4.78, 5) is 13.8. The van der Waals surface area contributed by atoms with Crippen LogP contribution < -0.4 is 4.74 Å². The molecule has 1 saturated heterocycles. The Labute approximate surface area is 139 Å². The first-order chi connectivity index (χ1) is 10.9. The Balaban J connectivity index is 1.70. The van der Waals surface area contributed by atoms with Crippen LogP contribution in [0.15, 0.2) is 24.3 Å². The summed E-state index contributed by atoms with van der Waals surface area (Å²) in [6.07, 6.45) is 2.52. The summed E-state index contributed by atoms with van der Waals surface area (Å²) in [7, 11) is 0. The minimum absolute atomic E-state index is 0.121. The van der Waals surface area contributed by atoms with Gasteiger partial charge in [-0.3, -0.25) is 4.79 Å². The topological polar surface area (TPSA) is 49.8 Å². The van der Waals surface area contributed by atoms with Crippen molar-refractivity contribution in [2.45, 2.75) is 58.0 Å². The number of nitrogens with zero attached hydrogens (tertiary/aromatic N) is 1. The van der Waals surface area contributed by atoms with Crippen molar-refractivity contribution in [3.63, 3.8) is 0 Å². The standard InChI is InChI=1S/C19H29NO3/c1-19(2,3)15-8-10-17(11-9-15)23-13-5-7-18(22)20-12-4-6-16(21)14-20/h8-11,16,21H,4-7,12-14H2,1-3H3/t16-/m1/s1. The first-order valence-electron chi connectivity index (χ1n) is 8.55. The SMILES string of the molecule is CC(C)(C)c1ccc(OCCCC(=O)N2CCC[C@@H](O)C2)cc1. The third kappa shape index (κ3) is 5.54. The lowest BCUT2D eigenvalue weighted by atomic mass is 9.87. The molecule has 2 rings (SSSR count). The molecule has 1 aromatic rings. The smallest absolute Gasteiger partial charge is 0.222 e. The zero-order valence-electron chi connectivity index (χ0n) is 14.5. The maximum atomic E-state index is 12.1. The van der Waals surface area contributed by atoms with Gasteiger partial charge in [-0.1, -0.05) is 32.9 Å². The van der Waals surface area contributed by atoms with E-state index in [1.807, 2.05) is 12.1 Å². The zero-order valence-corrected chi connectivity index (χ0v) is 14.5. The fraction of sp³-hybridized carbons (Fsp3) is 0.632. The van der Waals surface area contributed by atoms with Crippen LogP contribution in [0, 0.1) is 0 Å². The summed E-state index contributed by atoms with van der Waals surface area (Å²) < 4.78 is 5.71. The van der Waals surface area contributed by atoms with E-state index in [4.69, 9.17) is 4.74 Å². The number of hydrogen-bond acceptors (Lipinski definition) is 3. The average Bonchev–Trinajstić information content (AvgIpc) is 2.51. The Hall–Kier alpha value is -1.55. The number of aliphatic hydroxyl groups is 1. The largest absolute Gasteiger partial charge is 0.494 e. The fourth-order valence-corrected chi connectivity index (χ4v) is 2.80. The van der Waals surface area contributed by atoms with Crippen molar-refractivity contribution in [2.75, 3.05) is 19.7 Å². The number of benzene rings is 1. The molecule has 1 heterocycles. The molecular formula is C19H29NO3. The molecular weight excluding hydrogens is 290 g/mol. The third-order valence-corrected chi connectivity index (χ3v) is 4.27. The molecule has 0 unspecified atom stereocenters. The van der Waals surface area contributed by atoms with Gasteiger partial charge < -0.3 is 14.7 Å². The van der Waals surface area contributed by atoms with Crippen molar-refractivity contribution < 1.29 is 14.6 Å². The molecule has 1 atom stereocenters. The molecule has 1 amide bonds. The molecule has 128 valence electrons. The second-order valence-electron chi connectivity index (χ2n) is 7.36. The number of piperidine rings is 1. The molecule has 4 heteroatoms. The first-order valence-corrected chi connectivity index (χ1v) is 8.55. The third-order valence-electron chi connectivity index (χ3n) is 4.27. The molecule has 0 aromatic heterocycles. The first kappa shape index (κ1) is 17.8. The van der Waals surface area contributed by atoms with Crippen molar-refractivity contribution >= 4 is 5.91 Å². The second kappa shape index (κ2) is 7.82. The summed E-state index contributed by atoms with van der Waals surface area (Å²) in [6.45, 7) is 8.35. The quantitative estimate of drug-likeness (QED) is 0.848. The Morgan fingerprint density at radius 1 is 1.30 bits per heavy atom. The van der Waals surface area contributed by atoms with Crippen molar-refractivity contribution in [1.29, 1.82) is 0 Å². The lowest BCUT2D eigenvalue weighted by Crippen LogP contribution is -2.42. The summed E-state index contributed by atoms with van der Waals surface area (Å²) in [5.41, 5.74) is 1.42. The predicted octanol–water partition coefficient (Wildman–Crippen LogP) is 3.13. The van der Waals surface area contributed by atoms with E-state index in [1.54, 1.807) is 4.90 Å². The van der Waals surface area contributed by atoms with Gasteiger partial charge in [0.2, 0.25) is 5.91 Å². The van der Waals surface area contributed by atoms with E-state index in [-0.39, 0.29) is 17.4 Å². The molecule has 0 saturated carbocycles. The highest BCUT2D eigenvalue weighted by Gasteiger charge is 2.21. The molecule has 0 spiro atoms. The molecule has 4 nitrogen and oxygen atoms in total. The number of β-amino-alcohol motifs (C(OH)–C–C–N with tert-alkyl or cyclic N) is 1. The van der Waals surface area contributed by atoms with Crippen LogP contribution in [-0.4, -0.2) is 41.7 Å². The average molecular weight is 319 g/mol. The van der Waals surface area contributed by atoms with Gasteiger partial charge in [0, 0.05) is 19.5 Å². The van der Waals surface area contributed by atoms with E-state index in [1.165, 1.54) is 5.56 Å². The number of rotatable bonds is 5. The highest BCUT2D eigenvalue weighted by molar-refractivity contribution is 5.76. The number of ether oxygens (including phenoxy) is 1. The second-order valence-corrected chi connectivity index (χ2v) is 7.36. The molecule has 1 aliphatic rings. The molecule has 0 bridgehead atoms. The highest BCUT2D eigenvalue weighted by atomic mass is 16.5. The van der Waals surface area contributed by atoms with Crippen LogP contribution in [0.2, 0.25) is 0 Å². The number of aliphatic hydroxyl groups excluding tert-OH is 1. The molecule has 0 radical (unpaired) electrons. The number of amides is 1. The van der Waals surface area contributed by atoms with Crippen LogP contribution in [0.4, 0.5) is 0 Å². The number of carbonyl (C=O) groups is 1. The zero-order chi connectivity index (χ0) is 16.9. The van der Waals surface area contributed by atoms with Gasteiger partial charge in [-0.25, -0.2) is 0 Å². The van der Waals surface area contributed by atoms with E-state index in [0.717, 1.165) is 25.1 Å². The van der Waals surface area contributed by atoms with Gasteiger partial charge in [-0.05, 0) is 42.4 Å². The molecule has 1 aliphatic heterocycles. The Morgan fingerprint density at radius 2 is 2.00 bits per heavy atom. The maximum absolute atomic E-state index is 12.1. The van der Waals surface area contributed by atoms with Crippen molar-refractivity contribution in [1.82, 2.24) is 4.90 Å². The minimum atomic E-state index is -0.356. The van der Waals surface area contributed by atoms with Crippen molar-refractivity contribution in [2.24, 2.45) is 0 Å². The Morgan fingerprint density at radius 3 is 2.61 bits per heavy atom. The van der Waals surface area contributed by atoms with Crippen molar-refractivity contribution in [3.8, 4) is 5.75 Å². The molecule has 1 N–H and O–H groups in total. The summed E-state index contributed by atoms with van der Waals surface area (Å²) in [5.74, 6) is 0.967. The van der Waals surface area contributed by atoms with Crippen LogP contribution in [0.3, 0.4) is 0 Å². The predicted molar refractivity (Wildman–Crippen MR) is 91.7 cm³/mol. The normalized spacial score (nSPS) is 18.8. The molecule has 0 aliphatic carbocycles. The fourth-order valence-electron chi connectivity index (χ4n) is 2.80. The van der Waals surface area contributed by atoms with E-state index in [2.05, 4.69) is 32.9 Å². The summed E-state index contributed by atoms with van der Waals surface area (Å²) in [5, 5.41) is 9.61. The van der Waals surface area contributed by atoms with Crippen LogP contribution in [0.5, 0.6) is 5.75 Å². The van der Waals surface area contributed by atoms with Gasteiger partial charge in [-0.2, -0.15) is 0 Å². The minimum Gasteiger partial charge on any atom is -0.494 e.